The van der Waals surface area contributed by atoms with Crippen molar-refractivity contribution >= 4 is 267 Å². The summed E-state index contributed by atoms with van der Waals surface area (Å²) in [5, 5.41) is 0. The first-order valence-electron chi connectivity index (χ1n) is 18.0. The molecule has 0 bridgehead atoms. The summed E-state index contributed by atoms with van der Waals surface area (Å²) >= 11 is 32.7. The zero-order valence-electron chi connectivity index (χ0n) is 31.8. The van der Waals surface area contributed by atoms with Gasteiger partial charge in [-0.2, -0.15) is 0 Å². The SMILES string of the molecule is [Al][c]1nc(-c2cc(-c3n[c]([Al])[c]([Al])[nH]3)cc(N(c3cc(-c4n[c]([Al])[c]([Al])[nH]4)cc(-c4n[c]([Al])[c]([Al])[nH]4)c3)c3cc(-c4n[c]([Al])[c]([Al])[nH]4)cc(-c4n[c]([Al])[c]([Al])[nH]4)c3)c2)[nH][c]1[Al]. The summed E-state index contributed by atoms with van der Waals surface area (Å²) in [5.74, 6) is 4.20. The first kappa shape index (κ1) is 45.3. The lowest BCUT2D eigenvalue weighted by atomic mass is 10.0. The van der Waals surface area contributed by atoms with Gasteiger partial charge in [0.25, 0.3) is 0 Å². The van der Waals surface area contributed by atoms with Crippen LogP contribution >= 0.6 is 0 Å². The number of nitrogens with zero attached hydrogens (tertiary/aromatic N) is 7. The summed E-state index contributed by atoms with van der Waals surface area (Å²) in [6, 6.07) is 19.1. The lowest BCUT2D eigenvalue weighted by molar-refractivity contribution is 1.24. The van der Waals surface area contributed by atoms with Crippen LogP contribution in [0.25, 0.3) is 68.3 Å². The van der Waals surface area contributed by atoms with Crippen LogP contribution in [-0.2, 0) is 0 Å². The Morgan fingerprint density at radius 3 is 0.557 bits per heavy atom. The highest BCUT2D eigenvalue weighted by Gasteiger charge is 2.23. The molecular formula is C36H15Al12N13. The minimum Gasteiger partial charge on any atom is -0.362 e. The van der Waals surface area contributed by atoms with E-state index in [1.54, 1.807) is 0 Å². The molecule has 0 amide bonds. The van der Waals surface area contributed by atoms with Gasteiger partial charge in [0.15, 0.2) is 0 Å². The summed E-state index contributed by atoms with van der Waals surface area (Å²) in [6.45, 7) is 0. The average molecular weight is 953 g/mol. The number of nitrogens with one attached hydrogen (secondary N) is 6. The van der Waals surface area contributed by atoms with E-state index < -0.39 is 0 Å². The number of benzene rings is 3. The fraction of sp³-hybridized carbons (Fsp3) is 0. The molecule has 0 fully saturated rings. The Bertz CT molecular complexity index is 2530. The van der Waals surface area contributed by atoms with Crippen molar-refractivity contribution in [2.75, 3.05) is 4.90 Å². The molecule has 0 spiro atoms. The van der Waals surface area contributed by atoms with E-state index in [1.807, 2.05) is 0 Å². The summed E-state index contributed by atoms with van der Waals surface area (Å²) in [4.78, 5) is 52.4. The second-order valence-corrected chi connectivity index (χ2v) is 20.7. The highest BCUT2D eigenvalue weighted by molar-refractivity contribution is 6.49. The molecule has 6 heterocycles. The smallest absolute Gasteiger partial charge is 0.210 e. The molecule has 260 valence electrons. The van der Waals surface area contributed by atoms with E-state index in [-0.39, 0.29) is 0 Å². The van der Waals surface area contributed by atoms with Crippen molar-refractivity contribution < 1.29 is 0 Å². The lowest BCUT2D eigenvalue weighted by Gasteiger charge is -2.28. The van der Waals surface area contributed by atoms with Crippen LogP contribution in [0.5, 0.6) is 0 Å². The standard InChI is InChI=1S/C36H15N13.12Al/c1-2-38-31(37-1)22-13-23(32-39-3-4-40-32)17-28(16-22)49(29-18-24(33-41-5-6-42-33)14-25(19-29)34-43-7-8-44-34)30-20-26(35-45-9-10-46-35)15-27(21-30)36-47-11-12-48-36;;;;;;;;;;;;/h13-21H,(H,37,38)(H,39,40)(H,41,42)(H,43,44)(H,45,46)(H,47,48);;;;;;;;;;;;. The zero-order chi connectivity index (χ0) is 43.0. The molecule has 24 radical (unpaired) electrons. The second kappa shape index (κ2) is 18.4. The molecule has 0 aliphatic carbocycles. The van der Waals surface area contributed by atoms with Gasteiger partial charge in [-0.1, -0.05) is 54.7 Å². The number of aromatic nitrogens is 12. The molecule has 9 rings (SSSR count). The molecule has 0 saturated carbocycles. The monoisotopic (exact) mass is 953 g/mol. The molecule has 0 saturated heterocycles. The lowest BCUT2D eigenvalue weighted by Crippen LogP contribution is -2.24. The maximum atomic E-state index is 4.91. The van der Waals surface area contributed by atoms with Crippen molar-refractivity contribution in [1.82, 2.24) is 59.8 Å². The third kappa shape index (κ3) is 9.41. The van der Waals surface area contributed by atoms with Crippen molar-refractivity contribution in [3.05, 3.63) is 54.6 Å². The van der Waals surface area contributed by atoms with Gasteiger partial charge in [0.05, 0.1) is 0 Å². The van der Waals surface area contributed by atoms with Gasteiger partial charge in [-0.05, 0) is 54.6 Å². The molecule has 6 N–H and O–H groups in total. The van der Waals surface area contributed by atoms with Crippen molar-refractivity contribution in [2.24, 2.45) is 0 Å². The van der Waals surface area contributed by atoms with Crippen molar-refractivity contribution in [3.8, 4) is 68.3 Å². The van der Waals surface area contributed by atoms with E-state index >= 15 is 0 Å². The molecule has 0 atom stereocenters. The van der Waals surface area contributed by atoms with E-state index in [1.165, 1.54) is 0 Å². The molecule has 25 heteroatoms. The predicted molar refractivity (Wildman–Crippen MR) is 251 cm³/mol. The third-order valence-electron chi connectivity index (χ3n) is 9.74. The van der Waals surface area contributed by atoms with Gasteiger partial charge in [0.2, 0.25) is 195 Å². The summed E-state index contributed by atoms with van der Waals surface area (Å²) in [6.07, 6.45) is 0. The Kier molecular flexibility index (Phi) is 13.7. The van der Waals surface area contributed by atoms with Crippen LogP contribution in [-0.4, -0.2) is 255 Å². The van der Waals surface area contributed by atoms with Crippen LogP contribution < -0.4 is 59.6 Å². The molecule has 0 unspecified atom stereocenters. The Morgan fingerprint density at radius 2 is 0.426 bits per heavy atom. The Labute approximate surface area is 448 Å². The van der Waals surface area contributed by atoms with Crippen LogP contribution in [0.15, 0.2) is 54.6 Å². The molecule has 3 aromatic carbocycles. The number of rotatable bonds is 9. The fourth-order valence-corrected chi connectivity index (χ4v) is 9.13. The second-order valence-electron chi connectivity index (χ2n) is 13.9. The quantitative estimate of drug-likeness (QED) is 0.0781. The van der Waals surface area contributed by atoms with Gasteiger partial charge < -0.3 is 34.8 Å². The summed E-state index contributed by atoms with van der Waals surface area (Å²) in [5.41, 5.74) is 7.58. The van der Waals surface area contributed by atoms with Crippen LogP contribution in [0.3, 0.4) is 0 Å². The number of hydrogen-bond donors (Lipinski definition) is 6. The molecular weight excluding hydrogens is 938 g/mol. The van der Waals surface area contributed by atoms with Gasteiger partial charge in [0.1, 0.15) is 34.9 Å². The number of H-pyrrole nitrogens is 6. The molecule has 0 aliphatic rings. The van der Waals surface area contributed by atoms with Gasteiger partial charge in [-0.3, -0.25) is 29.9 Å². The van der Waals surface area contributed by atoms with Gasteiger partial charge in [0, 0.05) is 50.4 Å². The minimum absolute atomic E-state index is 0.701. The number of anilines is 3. The highest BCUT2D eigenvalue weighted by Crippen LogP contribution is 2.43. The van der Waals surface area contributed by atoms with E-state index in [4.69, 9.17) is 29.9 Å². The third-order valence-corrected chi connectivity index (χ3v) is 17.0. The van der Waals surface area contributed by atoms with E-state index in [0.717, 1.165) is 105 Å². The largest absolute Gasteiger partial charge is 0.362 e. The number of imidazole rings is 6. The molecule has 0 aliphatic heterocycles. The maximum absolute atomic E-state index is 4.91. The van der Waals surface area contributed by atoms with Crippen LogP contribution in [0.4, 0.5) is 17.1 Å². The molecule has 13 nitrogen and oxygen atoms in total. The topological polar surface area (TPSA) is 175 Å². The van der Waals surface area contributed by atoms with Crippen LogP contribution in [0.1, 0.15) is 0 Å². The number of hydrogen-bond acceptors (Lipinski definition) is 7. The molecule has 61 heavy (non-hydrogen) atoms. The van der Waals surface area contributed by atoms with E-state index in [2.05, 4.69) is 285 Å². The Balaban J connectivity index is 1.39. The van der Waals surface area contributed by atoms with Gasteiger partial charge in [-0.25, -0.2) is 0 Å². The van der Waals surface area contributed by atoms with Gasteiger partial charge >= 0.3 is 0 Å². The minimum atomic E-state index is 0.701. The predicted octanol–water partition coefficient (Wildman–Crippen LogP) is -6.98. The summed E-state index contributed by atoms with van der Waals surface area (Å²) in [7, 11) is 0. The summed E-state index contributed by atoms with van der Waals surface area (Å²) < 4.78 is 10.1. The Hall–Kier alpha value is -0.890. The maximum Gasteiger partial charge on any atom is 0.210 e. The van der Waals surface area contributed by atoms with Crippen molar-refractivity contribution in [2.45, 2.75) is 0 Å². The van der Waals surface area contributed by atoms with E-state index in [0.29, 0.717) is 34.9 Å². The molecule has 6 aromatic heterocycles. The van der Waals surface area contributed by atoms with Crippen molar-refractivity contribution in [1.29, 1.82) is 0 Å². The molecule has 9 aromatic rings. The number of aromatic amines is 6. The average Bonchev–Trinajstić information content (AvgIpc) is 4.08. The van der Waals surface area contributed by atoms with E-state index in [9.17, 15) is 0 Å². The zero-order valence-corrected chi connectivity index (χ0v) is 45.6. The first-order valence-corrected chi connectivity index (χ1v) is 24.9. The first-order chi connectivity index (χ1) is 29.1. The fourth-order valence-electron chi connectivity index (χ4n) is 6.71. The van der Waals surface area contributed by atoms with Crippen LogP contribution in [0.2, 0.25) is 0 Å². The Morgan fingerprint density at radius 1 is 0.262 bits per heavy atom. The highest BCUT2D eigenvalue weighted by atomic mass is 27.1. The van der Waals surface area contributed by atoms with Crippen molar-refractivity contribution in [3.63, 3.8) is 0 Å². The van der Waals surface area contributed by atoms with Gasteiger partial charge in [-0.15, -0.1) is 0 Å². The van der Waals surface area contributed by atoms with Crippen LogP contribution in [0, 0.1) is 0 Å². The normalized spacial score (nSPS) is 11.4.